The SMILES string of the molecule is NC1C2CC(C(=O)C2=O)C1C(=O)O. The Labute approximate surface area is 73.9 Å². The minimum absolute atomic E-state index is 0.329. The third kappa shape index (κ3) is 0.875. The number of nitrogens with two attached hydrogens (primary N) is 1. The summed E-state index contributed by atoms with van der Waals surface area (Å²) in [4.78, 5) is 33.0. The smallest absolute Gasteiger partial charge is 0.308 e. The molecule has 0 heterocycles. The van der Waals surface area contributed by atoms with Crippen LogP contribution < -0.4 is 5.73 Å². The summed E-state index contributed by atoms with van der Waals surface area (Å²) in [6.07, 6.45) is 0.329. The number of ketones is 2. The van der Waals surface area contributed by atoms with Crippen molar-refractivity contribution in [3.8, 4) is 0 Å². The molecule has 4 atom stereocenters. The Balaban J connectivity index is 2.34. The van der Waals surface area contributed by atoms with E-state index in [1.54, 1.807) is 0 Å². The molecule has 0 spiro atoms. The van der Waals surface area contributed by atoms with Crippen molar-refractivity contribution in [1.82, 2.24) is 0 Å². The summed E-state index contributed by atoms with van der Waals surface area (Å²) in [5.74, 6) is -4.14. The molecule has 0 amide bonds. The lowest BCUT2D eigenvalue weighted by Crippen LogP contribution is -2.47. The monoisotopic (exact) mass is 183 g/mol. The van der Waals surface area contributed by atoms with Gasteiger partial charge in [0.05, 0.1) is 5.92 Å². The second-order valence-electron chi connectivity index (χ2n) is 3.62. The Hall–Kier alpha value is -1.23. The van der Waals surface area contributed by atoms with E-state index in [1.165, 1.54) is 0 Å². The zero-order valence-electron chi connectivity index (χ0n) is 6.77. The van der Waals surface area contributed by atoms with E-state index < -0.39 is 41.3 Å². The van der Waals surface area contributed by atoms with Gasteiger partial charge in [0.25, 0.3) is 0 Å². The highest BCUT2D eigenvalue weighted by Crippen LogP contribution is 2.43. The van der Waals surface area contributed by atoms with Crippen LogP contribution in [0.2, 0.25) is 0 Å². The molecule has 70 valence electrons. The maximum Gasteiger partial charge on any atom is 0.308 e. The number of aliphatic carboxylic acids is 1. The maximum atomic E-state index is 11.2. The molecule has 0 aliphatic heterocycles. The van der Waals surface area contributed by atoms with Crippen molar-refractivity contribution >= 4 is 17.5 Å². The van der Waals surface area contributed by atoms with Crippen molar-refractivity contribution in [1.29, 1.82) is 0 Å². The van der Waals surface area contributed by atoms with Gasteiger partial charge in [0.15, 0.2) is 0 Å². The largest absolute Gasteiger partial charge is 0.481 e. The van der Waals surface area contributed by atoms with Gasteiger partial charge in [0.1, 0.15) is 0 Å². The van der Waals surface area contributed by atoms with E-state index in [-0.39, 0.29) is 0 Å². The van der Waals surface area contributed by atoms with Gasteiger partial charge < -0.3 is 10.8 Å². The standard InChI is InChI=1S/C8H9NO4/c9-5-3-1-2(4(5)8(12)13)6(10)7(3)11/h2-5H,1,9H2,(H,12,13). The Morgan fingerprint density at radius 1 is 1.31 bits per heavy atom. The van der Waals surface area contributed by atoms with Crippen molar-refractivity contribution < 1.29 is 19.5 Å². The first kappa shape index (κ1) is 8.37. The van der Waals surface area contributed by atoms with Crippen molar-refractivity contribution in [3.63, 3.8) is 0 Å². The normalized spacial score (nSPS) is 42.8. The van der Waals surface area contributed by atoms with Gasteiger partial charge in [0.2, 0.25) is 11.6 Å². The topological polar surface area (TPSA) is 97.5 Å². The molecule has 4 unspecified atom stereocenters. The molecule has 5 nitrogen and oxygen atoms in total. The van der Waals surface area contributed by atoms with E-state index in [0.29, 0.717) is 6.42 Å². The van der Waals surface area contributed by atoms with Crippen LogP contribution in [0.25, 0.3) is 0 Å². The molecule has 5 heteroatoms. The summed E-state index contributed by atoms with van der Waals surface area (Å²) in [6.45, 7) is 0. The Bertz CT molecular complexity index is 311. The summed E-state index contributed by atoms with van der Waals surface area (Å²) in [7, 11) is 0. The van der Waals surface area contributed by atoms with Gasteiger partial charge in [-0.15, -0.1) is 0 Å². The molecule has 0 saturated heterocycles. The van der Waals surface area contributed by atoms with Crippen molar-refractivity contribution in [3.05, 3.63) is 0 Å². The molecular formula is C8H9NO4. The zero-order valence-corrected chi connectivity index (χ0v) is 6.77. The summed E-state index contributed by atoms with van der Waals surface area (Å²) in [6, 6.07) is -0.673. The molecule has 2 saturated carbocycles. The average molecular weight is 183 g/mol. The van der Waals surface area contributed by atoms with Gasteiger partial charge in [-0.25, -0.2) is 0 Å². The zero-order chi connectivity index (χ0) is 9.75. The lowest BCUT2D eigenvalue weighted by atomic mass is 9.83. The minimum Gasteiger partial charge on any atom is -0.481 e. The molecule has 2 rings (SSSR count). The van der Waals surface area contributed by atoms with Crippen molar-refractivity contribution in [2.24, 2.45) is 23.5 Å². The number of hydrogen-bond donors (Lipinski definition) is 2. The Morgan fingerprint density at radius 2 is 1.85 bits per heavy atom. The molecule has 3 N–H and O–H groups in total. The third-order valence-electron chi connectivity index (χ3n) is 3.02. The molecule has 0 radical (unpaired) electrons. The van der Waals surface area contributed by atoms with Gasteiger partial charge in [-0.2, -0.15) is 0 Å². The van der Waals surface area contributed by atoms with Crippen LogP contribution in [0.4, 0.5) is 0 Å². The number of carbonyl (C=O) groups excluding carboxylic acids is 2. The van der Waals surface area contributed by atoms with Crippen LogP contribution in [0, 0.1) is 17.8 Å². The first-order valence-corrected chi connectivity index (χ1v) is 4.10. The van der Waals surface area contributed by atoms with Crippen molar-refractivity contribution in [2.75, 3.05) is 0 Å². The highest BCUT2D eigenvalue weighted by molar-refractivity contribution is 6.42. The third-order valence-corrected chi connectivity index (χ3v) is 3.02. The number of carbonyl (C=O) groups is 3. The fourth-order valence-electron chi connectivity index (χ4n) is 2.35. The molecule has 2 aliphatic carbocycles. The van der Waals surface area contributed by atoms with Crippen molar-refractivity contribution in [2.45, 2.75) is 12.5 Å². The molecule has 2 bridgehead atoms. The molecular weight excluding hydrogens is 174 g/mol. The predicted molar refractivity (Wildman–Crippen MR) is 40.7 cm³/mol. The minimum atomic E-state index is -1.07. The van der Waals surface area contributed by atoms with E-state index >= 15 is 0 Å². The number of fused-ring (bicyclic) bond motifs is 2. The lowest BCUT2D eigenvalue weighted by molar-refractivity contribution is -0.149. The number of carboxylic acid groups (broad SMARTS) is 1. The maximum absolute atomic E-state index is 11.2. The summed E-state index contributed by atoms with van der Waals surface area (Å²) < 4.78 is 0. The quantitative estimate of drug-likeness (QED) is 0.498. The highest BCUT2D eigenvalue weighted by Gasteiger charge is 2.59. The van der Waals surface area contributed by atoms with Crippen LogP contribution in [0.15, 0.2) is 0 Å². The fourth-order valence-corrected chi connectivity index (χ4v) is 2.35. The van der Waals surface area contributed by atoms with Crippen LogP contribution in [0.5, 0.6) is 0 Å². The van der Waals surface area contributed by atoms with Gasteiger partial charge in [-0.3, -0.25) is 14.4 Å². The highest BCUT2D eigenvalue weighted by atomic mass is 16.4. The molecule has 2 aliphatic rings. The number of rotatable bonds is 1. The molecule has 0 aromatic heterocycles. The number of carboxylic acids is 1. The molecule has 2 fully saturated rings. The van der Waals surface area contributed by atoms with E-state index in [2.05, 4.69) is 0 Å². The van der Waals surface area contributed by atoms with E-state index in [1.807, 2.05) is 0 Å². The van der Waals surface area contributed by atoms with Crippen LogP contribution in [0.3, 0.4) is 0 Å². The van der Waals surface area contributed by atoms with Gasteiger partial charge >= 0.3 is 5.97 Å². The molecule has 0 aromatic rings. The Kier molecular flexibility index (Phi) is 1.53. The second kappa shape index (κ2) is 2.38. The summed E-state index contributed by atoms with van der Waals surface area (Å²) in [5, 5.41) is 8.77. The summed E-state index contributed by atoms with van der Waals surface area (Å²) in [5.41, 5.74) is 5.56. The van der Waals surface area contributed by atoms with Crippen LogP contribution in [-0.2, 0) is 14.4 Å². The van der Waals surface area contributed by atoms with Gasteiger partial charge in [-0.05, 0) is 6.42 Å². The first-order valence-electron chi connectivity index (χ1n) is 4.10. The lowest BCUT2D eigenvalue weighted by Gasteiger charge is -2.22. The van der Waals surface area contributed by atoms with Crippen LogP contribution >= 0.6 is 0 Å². The Morgan fingerprint density at radius 3 is 2.31 bits per heavy atom. The van der Waals surface area contributed by atoms with E-state index in [4.69, 9.17) is 10.8 Å². The number of hydrogen-bond acceptors (Lipinski definition) is 4. The van der Waals surface area contributed by atoms with Crippen LogP contribution in [0.1, 0.15) is 6.42 Å². The van der Waals surface area contributed by atoms with Gasteiger partial charge in [0, 0.05) is 17.9 Å². The van der Waals surface area contributed by atoms with E-state index in [9.17, 15) is 14.4 Å². The van der Waals surface area contributed by atoms with Gasteiger partial charge in [-0.1, -0.05) is 0 Å². The molecule has 13 heavy (non-hydrogen) atoms. The van der Waals surface area contributed by atoms with E-state index in [0.717, 1.165) is 0 Å². The number of Topliss-reactive ketones (excluding diaryl/α,β-unsaturated/α-hetero) is 2. The average Bonchev–Trinajstić information content (AvgIpc) is 2.50. The second-order valence-corrected chi connectivity index (χ2v) is 3.62. The van der Waals surface area contributed by atoms with Crippen LogP contribution in [-0.4, -0.2) is 28.7 Å². The molecule has 0 aromatic carbocycles. The first-order chi connectivity index (χ1) is 6.04. The summed E-state index contributed by atoms with van der Waals surface area (Å²) >= 11 is 0. The predicted octanol–water partition coefficient (Wildman–Crippen LogP) is -1.20. The fraction of sp³-hybridized carbons (Fsp3) is 0.625.